The van der Waals surface area contributed by atoms with Gasteiger partial charge in [-0.1, -0.05) is 30.3 Å². The number of rotatable bonds is 4. The van der Waals surface area contributed by atoms with Crippen LogP contribution in [0.25, 0.3) is 5.57 Å². The summed E-state index contributed by atoms with van der Waals surface area (Å²) in [5.41, 5.74) is 0.0721. The number of aromatic nitrogens is 1. The minimum absolute atomic E-state index is 0.0112. The molecule has 1 aliphatic carbocycles. The molecule has 1 aliphatic rings. The normalized spacial score (nSPS) is 19.9. The average Bonchev–Trinajstić information content (AvgIpc) is 2.57. The fourth-order valence-electron chi connectivity index (χ4n) is 3.04. The molecule has 0 saturated heterocycles. The van der Waals surface area contributed by atoms with E-state index in [2.05, 4.69) is 11.6 Å². The van der Waals surface area contributed by atoms with Gasteiger partial charge in [0, 0.05) is 23.2 Å². The van der Waals surface area contributed by atoms with Crippen LogP contribution in [0.5, 0.6) is 0 Å². The van der Waals surface area contributed by atoms with Gasteiger partial charge in [0.05, 0.1) is 5.69 Å². The maximum atomic E-state index is 15.5. The summed E-state index contributed by atoms with van der Waals surface area (Å²) in [6.45, 7) is 3.90. The zero-order valence-electron chi connectivity index (χ0n) is 13.0. The van der Waals surface area contributed by atoms with E-state index >= 15 is 4.39 Å². The summed E-state index contributed by atoms with van der Waals surface area (Å²) in [4.78, 5) is 16.8. The smallest absolute Gasteiger partial charge is 0.196 e. The first kappa shape index (κ1) is 16.8. The number of allylic oxidation sites excluding steroid dienone is 1. The first-order valence-corrected chi connectivity index (χ1v) is 8.09. The minimum atomic E-state index is -2.06. The summed E-state index contributed by atoms with van der Waals surface area (Å²) in [5.74, 6) is -0.951. The van der Waals surface area contributed by atoms with Crippen molar-refractivity contribution in [3.05, 3.63) is 70.8 Å². The number of fused-ring (bicyclic) bond motifs is 1. The molecule has 0 saturated carbocycles. The lowest BCUT2D eigenvalue weighted by Gasteiger charge is -2.31. The number of aryl methyl sites for hydroxylation is 1. The second-order valence-electron chi connectivity index (χ2n) is 5.96. The molecule has 2 aromatic rings. The third-order valence-electron chi connectivity index (χ3n) is 4.42. The van der Waals surface area contributed by atoms with Crippen LogP contribution < -0.4 is 0 Å². The summed E-state index contributed by atoms with van der Waals surface area (Å²) in [6.07, 6.45) is 2.28. The van der Waals surface area contributed by atoms with Crippen LogP contribution in [0.15, 0.2) is 43.1 Å². The van der Waals surface area contributed by atoms with Gasteiger partial charge >= 0.3 is 0 Å². The molecule has 2 nitrogen and oxygen atoms in total. The van der Waals surface area contributed by atoms with Crippen LogP contribution in [-0.2, 0) is 16.9 Å². The van der Waals surface area contributed by atoms with Crippen LogP contribution in [0.1, 0.15) is 36.1 Å². The number of alkyl halides is 1. The largest absolute Gasteiger partial charge is 0.296 e. The number of hydrogen-bond donors (Lipinski definition) is 0. The van der Waals surface area contributed by atoms with Gasteiger partial charge in [-0.15, -0.1) is 0 Å². The lowest BCUT2D eigenvalue weighted by Crippen LogP contribution is -2.35. The van der Waals surface area contributed by atoms with E-state index in [9.17, 15) is 9.18 Å². The molecule has 124 valence electrons. The summed E-state index contributed by atoms with van der Waals surface area (Å²) in [6, 6.07) is 7.20. The number of pyridine rings is 1. The Labute approximate surface area is 144 Å². The third-order valence-corrected chi connectivity index (χ3v) is 4.77. The first-order valence-electron chi connectivity index (χ1n) is 7.71. The number of halogens is 3. The van der Waals surface area contributed by atoms with E-state index in [-0.39, 0.29) is 29.8 Å². The van der Waals surface area contributed by atoms with Gasteiger partial charge in [0.1, 0.15) is 5.82 Å². The van der Waals surface area contributed by atoms with Crippen LogP contribution in [0.3, 0.4) is 0 Å². The van der Waals surface area contributed by atoms with Crippen LogP contribution in [0.4, 0.5) is 8.78 Å². The van der Waals surface area contributed by atoms with E-state index in [1.54, 1.807) is 18.3 Å². The first-order chi connectivity index (χ1) is 11.4. The SMILES string of the molecule is C=C1CCC(F)(C(=O)CCc2ccc(F)cc2Cl)c2cccnc21. The van der Waals surface area contributed by atoms with E-state index in [0.29, 0.717) is 17.7 Å². The molecule has 0 fully saturated rings. The lowest BCUT2D eigenvalue weighted by molar-refractivity contribution is -0.131. The van der Waals surface area contributed by atoms with Crippen LogP contribution in [-0.4, -0.2) is 10.8 Å². The van der Waals surface area contributed by atoms with Gasteiger partial charge in [-0.25, -0.2) is 8.78 Å². The van der Waals surface area contributed by atoms with Crippen LogP contribution in [0.2, 0.25) is 5.02 Å². The average molecular weight is 348 g/mol. The number of carbonyl (C=O) groups is 1. The molecule has 0 N–H and O–H groups in total. The predicted molar refractivity (Wildman–Crippen MR) is 90.0 cm³/mol. The van der Waals surface area contributed by atoms with Gasteiger partial charge in [-0.2, -0.15) is 0 Å². The van der Waals surface area contributed by atoms with Crippen molar-refractivity contribution >= 4 is 23.0 Å². The van der Waals surface area contributed by atoms with E-state index in [1.165, 1.54) is 18.2 Å². The van der Waals surface area contributed by atoms with Crippen molar-refractivity contribution in [1.29, 1.82) is 0 Å². The van der Waals surface area contributed by atoms with Crippen molar-refractivity contribution in [3.8, 4) is 0 Å². The van der Waals surface area contributed by atoms with E-state index in [4.69, 9.17) is 11.6 Å². The fraction of sp³-hybridized carbons (Fsp3) is 0.263. The summed E-state index contributed by atoms with van der Waals surface area (Å²) >= 11 is 5.97. The third kappa shape index (κ3) is 2.98. The highest BCUT2D eigenvalue weighted by Gasteiger charge is 2.44. The molecule has 1 heterocycles. The topological polar surface area (TPSA) is 30.0 Å². The Bertz CT molecular complexity index is 821. The van der Waals surface area contributed by atoms with Gasteiger partial charge in [0.2, 0.25) is 0 Å². The van der Waals surface area contributed by atoms with E-state index in [0.717, 1.165) is 5.57 Å². The van der Waals surface area contributed by atoms with Crippen molar-refractivity contribution < 1.29 is 13.6 Å². The van der Waals surface area contributed by atoms with Crippen molar-refractivity contribution in [2.75, 3.05) is 0 Å². The van der Waals surface area contributed by atoms with Crippen molar-refractivity contribution in [3.63, 3.8) is 0 Å². The predicted octanol–water partition coefficient (Wildman–Crippen LogP) is 5.05. The molecule has 0 bridgehead atoms. The summed E-state index contributed by atoms with van der Waals surface area (Å²) < 4.78 is 28.5. The molecule has 1 aromatic heterocycles. The maximum Gasteiger partial charge on any atom is 0.196 e. The van der Waals surface area contributed by atoms with Gasteiger partial charge in [-0.3, -0.25) is 9.78 Å². The van der Waals surface area contributed by atoms with E-state index in [1.807, 2.05) is 0 Å². The molecule has 24 heavy (non-hydrogen) atoms. The molecule has 1 unspecified atom stereocenters. The zero-order valence-corrected chi connectivity index (χ0v) is 13.7. The van der Waals surface area contributed by atoms with Crippen LogP contribution >= 0.6 is 11.6 Å². The second-order valence-corrected chi connectivity index (χ2v) is 6.37. The molecule has 1 aromatic carbocycles. The number of Topliss-reactive ketones (excluding diaryl/α,β-unsaturated/α-hetero) is 1. The number of carbonyl (C=O) groups excluding carboxylic acids is 1. The second kappa shape index (κ2) is 6.44. The highest BCUT2D eigenvalue weighted by molar-refractivity contribution is 6.31. The van der Waals surface area contributed by atoms with E-state index < -0.39 is 17.3 Å². The minimum Gasteiger partial charge on any atom is -0.296 e. The molecular formula is C19H16ClF2NO. The summed E-state index contributed by atoms with van der Waals surface area (Å²) in [7, 11) is 0. The molecule has 0 radical (unpaired) electrons. The monoisotopic (exact) mass is 347 g/mol. The molecule has 0 amide bonds. The molecule has 0 spiro atoms. The standard InChI is InChI=1S/C19H16ClF2NO/c1-12-8-9-19(22,15-3-2-10-23-18(12)15)17(24)7-5-13-4-6-14(21)11-16(13)20/h2-4,6,10-11H,1,5,7-9H2. The van der Waals surface area contributed by atoms with Crippen LogP contribution in [0, 0.1) is 5.82 Å². The molecule has 1 atom stereocenters. The Balaban J connectivity index is 1.82. The maximum absolute atomic E-state index is 15.5. The quantitative estimate of drug-likeness (QED) is 0.774. The van der Waals surface area contributed by atoms with Crippen molar-refractivity contribution in [2.45, 2.75) is 31.4 Å². The Morgan fingerprint density at radius 1 is 1.38 bits per heavy atom. The molecule has 3 rings (SSSR count). The Hall–Kier alpha value is -2.07. The molecule has 5 heteroatoms. The number of benzene rings is 1. The Morgan fingerprint density at radius 3 is 2.92 bits per heavy atom. The van der Waals surface area contributed by atoms with Gasteiger partial charge in [-0.05, 0) is 48.6 Å². The number of hydrogen-bond acceptors (Lipinski definition) is 2. The highest BCUT2D eigenvalue weighted by Crippen LogP contribution is 2.43. The van der Waals surface area contributed by atoms with Gasteiger partial charge < -0.3 is 0 Å². The van der Waals surface area contributed by atoms with Crippen molar-refractivity contribution in [2.24, 2.45) is 0 Å². The number of nitrogens with zero attached hydrogens (tertiary/aromatic N) is 1. The number of ketones is 1. The fourth-order valence-corrected chi connectivity index (χ4v) is 3.31. The molecular weight excluding hydrogens is 332 g/mol. The summed E-state index contributed by atoms with van der Waals surface area (Å²) in [5, 5.41) is 0.245. The molecule has 0 aliphatic heterocycles. The Kier molecular flexibility index (Phi) is 4.50. The highest BCUT2D eigenvalue weighted by atomic mass is 35.5. The van der Waals surface area contributed by atoms with Crippen molar-refractivity contribution in [1.82, 2.24) is 4.98 Å². The van der Waals surface area contributed by atoms with Gasteiger partial charge in [0.25, 0.3) is 0 Å². The lowest BCUT2D eigenvalue weighted by atomic mass is 9.77. The Morgan fingerprint density at radius 2 is 2.17 bits per heavy atom. The van der Waals surface area contributed by atoms with Gasteiger partial charge in [0.15, 0.2) is 11.5 Å². The zero-order chi connectivity index (χ0) is 17.3.